The van der Waals surface area contributed by atoms with E-state index in [1.54, 1.807) is 0 Å². The Morgan fingerprint density at radius 3 is 1.87 bits per heavy atom. The van der Waals surface area contributed by atoms with Gasteiger partial charge in [-0.2, -0.15) is 0 Å². The van der Waals surface area contributed by atoms with Gasteiger partial charge in [-0.15, -0.1) is 0 Å². The zero-order chi connectivity index (χ0) is 12.1. The minimum atomic E-state index is 0.173. The first-order chi connectivity index (χ1) is 6.74. The topological polar surface area (TPSA) is 30.9 Å². The van der Waals surface area contributed by atoms with Crippen molar-refractivity contribution in [2.24, 2.45) is 4.99 Å². The van der Waals surface area contributed by atoms with Crippen molar-refractivity contribution < 1.29 is 0 Å². The molecule has 15 heavy (non-hydrogen) atoms. The number of nitrogens with one attached hydrogen (secondary N) is 1. The third kappa shape index (κ3) is 7.19. The summed E-state index contributed by atoms with van der Waals surface area (Å²) in [6, 6.07) is 0. The Labute approximate surface area is 94.4 Å². The smallest absolute Gasteiger partial charge is 0.195 e. The van der Waals surface area contributed by atoms with E-state index in [4.69, 9.17) is 0 Å². The van der Waals surface area contributed by atoms with Crippen LogP contribution in [0.5, 0.6) is 0 Å². The van der Waals surface area contributed by atoms with Gasteiger partial charge in [0.1, 0.15) is 0 Å². The minimum absolute atomic E-state index is 0.173. The highest BCUT2D eigenvalue weighted by molar-refractivity contribution is 5.79. The molecule has 0 aliphatic rings. The Kier molecular flexibility index (Phi) is 5.65. The fraction of sp³-hybridized carbons (Fsp3) is 0.909. The van der Waals surface area contributed by atoms with Gasteiger partial charge in [-0.1, -0.05) is 0 Å². The van der Waals surface area contributed by atoms with Crippen LogP contribution in [0, 0.1) is 0 Å². The second-order valence-corrected chi connectivity index (χ2v) is 5.15. The second kappa shape index (κ2) is 5.95. The molecular weight excluding hydrogens is 188 g/mol. The van der Waals surface area contributed by atoms with Gasteiger partial charge in [0, 0.05) is 40.3 Å². The quantitative estimate of drug-likeness (QED) is 0.429. The van der Waals surface area contributed by atoms with E-state index in [2.05, 4.69) is 31.1 Å². The van der Waals surface area contributed by atoms with Crippen molar-refractivity contribution in [2.75, 3.05) is 41.3 Å². The number of rotatable bonds is 3. The van der Waals surface area contributed by atoms with Gasteiger partial charge in [0.05, 0.1) is 6.54 Å². The van der Waals surface area contributed by atoms with E-state index in [0.717, 1.165) is 19.0 Å². The van der Waals surface area contributed by atoms with Crippen LogP contribution in [-0.4, -0.2) is 62.6 Å². The average molecular weight is 214 g/mol. The van der Waals surface area contributed by atoms with Crippen LogP contribution in [0.4, 0.5) is 0 Å². The summed E-state index contributed by atoms with van der Waals surface area (Å²) in [6.07, 6.45) is 0. The van der Waals surface area contributed by atoms with Gasteiger partial charge in [-0.3, -0.25) is 4.99 Å². The van der Waals surface area contributed by atoms with Crippen LogP contribution in [0.15, 0.2) is 4.99 Å². The third-order valence-electron chi connectivity index (χ3n) is 1.82. The van der Waals surface area contributed by atoms with Gasteiger partial charge in [-0.25, -0.2) is 0 Å². The lowest BCUT2D eigenvalue weighted by molar-refractivity contribution is 0.428. The molecule has 0 aliphatic heterocycles. The lowest BCUT2D eigenvalue weighted by atomic mass is 10.1. The fourth-order valence-electron chi connectivity index (χ4n) is 1.27. The van der Waals surface area contributed by atoms with Crippen molar-refractivity contribution in [3.05, 3.63) is 0 Å². The predicted octanol–water partition coefficient (Wildman–Crippen LogP) is 0.854. The summed E-state index contributed by atoms with van der Waals surface area (Å²) >= 11 is 0. The first-order valence-electron chi connectivity index (χ1n) is 5.38. The number of nitrogens with zero attached hydrogens (tertiary/aromatic N) is 3. The maximum absolute atomic E-state index is 4.53. The average Bonchev–Trinajstić information content (AvgIpc) is 2.00. The van der Waals surface area contributed by atoms with E-state index in [1.807, 2.05) is 38.0 Å². The first kappa shape index (κ1) is 14.2. The molecule has 1 N–H and O–H groups in total. The normalized spacial score (nSPS) is 11.1. The van der Waals surface area contributed by atoms with E-state index >= 15 is 0 Å². The Balaban J connectivity index is 4.02. The molecule has 0 bridgehead atoms. The van der Waals surface area contributed by atoms with Crippen LogP contribution in [-0.2, 0) is 0 Å². The van der Waals surface area contributed by atoms with Crippen molar-refractivity contribution in [3.63, 3.8) is 0 Å². The lowest BCUT2D eigenvalue weighted by Gasteiger charge is -2.23. The highest BCUT2D eigenvalue weighted by Gasteiger charge is 2.07. The van der Waals surface area contributed by atoms with Crippen LogP contribution in [0.25, 0.3) is 0 Å². The molecule has 0 unspecified atom stereocenters. The highest BCUT2D eigenvalue weighted by Crippen LogP contribution is 1.97. The molecule has 90 valence electrons. The zero-order valence-electron chi connectivity index (χ0n) is 11.3. The predicted molar refractivity (Wildman–Crippen MR) is 67.4 cm³/mol. The molecule has 0 saturated heterocycles. The standard InChI is InChI=1S/C11H26N4/c1-11(2,3)13-9-8-12-10(14(4)5)15(6)7/h13H,8-9H2,1-7H3. The van der Waals surface area contributed by atoms with Gasteiger partial charge in [0.2, 0.25) is 0 Å². The molecule has 0 radical (unpaired) electrons. The van der Waals surface area contributed by atoms with E-state index in [-0.39, 0.29) is 5.54 Å². The van der Waals surface area contributed by atoms with Crippen molar-refractivity contribution in [3.8, 4) is 0 Å². The van der Waals surface area contributed by atoms with E-state index in [1.165, 1.54) is 0 Å². The molecule has 0 aromatic rings. The van der Waals surface area contributed by atoms with Crippen LogP contribution in [0.3, 0.4) is 0 Å². The van der Waals surface area contributed by atoms with Gasteiger partial charge in [-0.05, 0) is 20.8 Å². The molecule has 0 fully saturated rings. The highest BCUT2D eigenvalue weighted by atomic mass is 15.3. The van der Waals surface area contributed by atoms with Crippen molar-refractivity contribution in [1.82, 2.24) is 15.1 Å². The number of hydrogen-bond acceptors (Lipinski definition) is 2. The Morgan fingerprint density at radius 1 is 1.07 bits per heavy atom. The van der Waals surface area contributed by atoms with Crippen molar-refractivity contribution >= 4 is 5.96 Å². The van der Waals surface area contributed by atoms with Gasteiger partial charge >= 0.3 is 0 Å². The molecule has 4 nitrogen and oxygen atoms in total. The summed E-state index contributed by atoms with van der Waals surface area (Å²) in [5.74, 6) is 1.01. The molecule has 4 heteroatoms. The molecule has 0 spiro atoms. The summed E-state index contributed by atoms with van der Waals surface area (Å²) < 4.78 is 0. The molecule has 0 rings (SSSR count). The fourth-order valence-corrected chi connectivity index (χ4v) is 1.27. The summed E-state index contributed by atoms with van der Waals surface area (Å²) in [4.78, 5) is 8.58. The summed E-state index contributed by atoms with van der Waals surface area (Å²) in [5.41, 5.74) is 0.173. The third-order valence-corrected chi connectivity index (χ3v) is 1.82. The number of guanidine groups is 1. The summed E-state index contributed by atoms with van der Waals surface area (Å²) in [5, 5.41) is 3.41. The maximum atomic E-state index is 4.53. The largest absolute Gasteiger partial charge is 0.349 e. The zero-order valence-corrected chi connectivity index (χ0v) is 11.3. The lowest BCUT2D eigenvalue weighted by Crippen LogP contribution is -2.39. The van der Waals surface area contributed by atoms with Gasteiger partial charge in [0.25, 0.3) is 0 Å². The Hall–Kier alpha value is -0.770. The van der Waals surface area contributed by atoms with Crippen LogP contribution < -0.4 is 5.32 Å². The maximum Gasteiger partial charge on any atom is 0.195 e. The Morgan fingerprint density at radius 2 is 1.53 bits per heavy atom. The SMILES string of the molecule is CN(C)C(=NCCNC(C)(C)C)N(C)C. The molecule has 0 aliphatic carbocycles. The van der Waals surface area contributed by atoms with Gasteiger partial charge in [0.15, 0.2) is 5.96 Å². The first-order valence-corrected chi connectivity index (χ1v) is 5.38. The number of hydrogen-bond donors (Lipinski definition) is 1. The molecule has 0 heterocycles. The molecule has 0 atom stereocenters. The van der Waals surface area contributed by atoms with Crippen LogP contribution >= 0.6 is 0 Å². The second-order valence-electron chi connectivity index (χ2n) is 5.15. The number of aliphatic imine (C=N–C) groups is 1. The van der Waals surface area contributed by atoms with E-state index < -0.39 is 0 Å². The minimum Gasteiger partial charge on any atom is -0.349 e. The van der Waals surface area contributed by atoms with Crippen LogP contribution in [0.1, 0.15) is 20.8 Å². The van der Waals surface area contributed by atoms with Crippen molar-refractivity contribution in [1.29, 1.82) is 0 Å². The molecular formula is C11H26N4. The van der Waals surface area contributed by atoms with Crippen molar-refractivity contribution in [2.45, 2.75) is 26.3 Å². The molecule has 0 aromatic carbocycles. The summed E-state index contributed by atoms with van der Waals surface area (Å²) in [7, 11) is 8.04. The van der Waals surface area contributed by atoms with E-state index in [0.29, 0.717) is 0 Å². The van der Waals surface area contributed by atoms with Gasteiger partial charge < -0.3 is 15.1 Å². The summed E-state index contributed by atoms with van der Waals surface area (Å²) in [6.45, 7) is 8.21. The Bertz CT molecular complexity index is 191. The van der Waals surface area contributed by atoms with E-state index in [9.17, 15) is 0 Å². The molecule has 0 aromatic heterocycles. The molecule has 0 saturated carbocycles. The monoisotopic (exact) mass is 214 g/mol. The molecule has 0 amide bonds. The van der Waals surface area contributed by atoms with Crippen LogP contribution in [0.2, 0.25) is 0 Å².